The highest BCUT2D eigenvalue weighted by molar-refractivity contribution is 5.98. The van der Waals surface area contributed by atoms with E-state index in [0.717, 1.165) is 17.1 Å². The maximum atomic E-state index is 5.22. The molecule has 0 aliphatic rings. The second-order valence-corrected chi connectivity index (χ2v) is 3.41. The molecule has 0 radical (unpaired) electrons. The monoisotopic (exact) mass is 172 g/mol. The Bertz CT molecular complexity index is 102. The zero-order valence-electron chi connectivity index (χ0n) is 8.02. The van der Waals surface area contributed by atoms with Crippen molar-refractivity contribution >= 4 is 10.5 Å². The summed E-state index contributed by atoms with van der Waals surface area (Å²) in [5.74, 6) is 0. The van der Waals surface area contributed by atoms with E-state index in [1.165, 1.54) is 31.3 Å². The summed E-state index contributed by atoms with van der Waals surface area (Å²) in [6.45, 7) is 5.30. The highest BCUT2D eigenvalue weighted by Gasteiger charge is 1.92. The fraction of sp³-hybridized carbons (Fsp3) is 0.778. The van der Waals surface area contributed by atoms with Crippen LogP contribution in [0.1, 0.15) is 39.5 Å². The lowest BCUT2D eigenvalue weighted by atomic mass is 10.1. The minimum absolute atomic E-state index is 0.862. The zero-order valence-corrected chi connectivity index (χ0v) is 10.0. The van der Waals surface area contributed by atoms with Gasteiger partial charge in [-0.15, -0.1) is 0 Å². The van der Waals surface area contributed by atoms with E-state index in [4.69, 9.17) is 4.43 Å². The summed E-state index contributed by atoms with van der Waals surface area (Å²) in [6.07, 6.45) is 7.23. The average Bonchev–Trinajstić information content (AvgIpc) is 2.01. The van der Waals surface area contributed by atoms with Crippen LogP contribution >= 0.6 is 0 Å². The van der Waals surface area contributed by atoms with E-state index >= 15 is 0 Å². The standard InChI is InChI=1S/C9H20OSi/c1-3-5-7-9(6-4-2)8-10-11/h7H,3-6,8H2,1-2,11H3. The van der Waals surface area contributed by atoms with Gasteiger partial charge in [-0.2, -0.15) is 0 Å². The lowest BCUT2D eigenvalue weighted by Crippen LogP contribution is -1.95. The summed E-state index contributed by atoms with van der Waals surface area (Å²) < 4.78 is 5.22. The SMILES string of the molecule is CCCC=C(CCC)CO[SiH3]. The summed E-state index contributed by atoms with van der Waals surface area (Å²) in [6, 6.07) is 0. The lowest BCUT2D eigenvalue weighted by molar-refractivity contribution is 0.381. The fourth-order valence-electron chi connectivity index (χ4n) is 1.09. The topological polar surface area (TPSA) is 9.23 Å². The van der Waals surface area contributed by atoms with E-state index in [-0.39, 0.29) is 0 Å². The van der Waals surface area contributed by atoms with Crippen molar-refractivity contribution in [3.8, 4) is 0 Å². The van der Waals surface area contributed by atoms with Gasteiger partial charge in [0.15, 0.2) is 0 Å². The third-order valence-electron chi connectivity index (χ3n) is 1.62. The average molecular weight is 172 g/mol. The van der Waals surface area contributed by atoms with Gasteiger partial charge < -0.3 is 4.43 Å². The summed E-state index contributed by atoms with van der Waals surface area (Å²) in [7, 11) is 0.862. The Hall–Kier alpha value is -0.0831. The molecular formula is C9H20OSi. The molecule has 0 aromatic heterocycles. The van der Waals surface area contributed by atoms with E-state index < -0.39 is 0 Å². The molecule has 0 aliphatic heterocycles. The van der Waals surface area contributed by atoms with Crippen LogP contribution in [0.3, 0.4) is 0 Å². The zero-order chi connectivity index (χ0) is 8.53. The molecule has 0 amide bonds. The third-order valence-corrected chi connectivity index (χ3v) is 1.91. The van der Waals surface area contributed by atoms with E-state index in [1.807, 2.05) is 0 Å². The van der Waals surface area contributed by atoms with Gasteiger partial charge in [-0.1, -0.05) is 38.3 Å². The van der Waals surface area contributed by atoms with Crippen LogP contribution in [0.2, 0.25) is 0 Å². The molecule has 0 heterocycles. The van der Waals surface area contributed by atoms with Crippen molar-refractivity contribution < 1.29 is 4.43 Å². The van der Waals surface area contributed by atoms with Gasteiger partial charge >= 0.3 is 0 Å². The maximum absolute atomic E-state index is 5.22. The van der Waals surface area contributed by atoms with Crippen LogP contribution < -0.4 is 0 Å². The Kier molecular flexibility index (Phi) is 7.96. The van der Waals surface area contributed by atoms with Crippen molar-refractivity contribution in [1.82, 2.24) is 0 Å². The Morgan fingerprint density at radius 2 is 2.09 bits per heavy atom. The van der Waals surface area contributed by atoms with E-state index in [9.17, 15) is 0 Å². The summed E-state index contributed by atoms with van der Waals surface area (Å²) in [5.41, 5.74) is 1.49. The third kappa shape index (κ3) is 6.32. The van der Waals surface area contributed by atoms with Gasteiger partial charge in [0.25, 0.3) is 0 Å². The molecule has 0 spiro atoms. The van der Waals surface area contributed by atoms with E-state index in [0.29, 0.717) is 0 Å². The number of hydrogen-bond donors (Lipinski definition) is 0. The summed E-state index contributed by atoms with van der Waals surface area (Å²) in [5, 5.41) is 0. The Morgan fingerprint density at radius 3 is 2.55 bits per heavy atom. The number of unbranched alkanes of at least 4 members (excludes halogenated alkanes) is 1. The first-order chi connectivity index (χ1) is 5.35. The molecule has 0 fully saturated rings. The molecule has 0 saturated heterocycles. The maximum Gasteiger partial charge on any atom is 0.146 e. The molecular weight excluding hydrogens is 152 g/mol. The van der Waals surface area contributed by atoms with E-state index in [2.05, 4.69) is 19.9 Å². The summed E-state index contributed by atoms with van der Waals surface area (Å²) >= 11 is 0. The molecule has 0 N–H and O–H groups in total. The van der Waals surface area contributed by atoms with Crippen LogP contribution in [0.4, 0.5) is 0 Å². The molecule has 66 valence electrons. The Labute approximate surface area is 73.4 Å². The molecule has 2 heteroatoms. The molecule has 0 aromatic rings. The predicted molar refractivity (Wildman–Crippen MR) is 53.8 cm³/mol. The fourth-order valence-corrected chi connectivity index (χ4v) is 1.46. The first-order valence-electron chi connectivity index (χ1n) is 4.52. The molecule has 0 bridgehead atoms. The van der Waals surface area contributed by atoms with Crippen LogP contribution in [-0.4, -0.2) is 17.1 Å². The van der Waals surface area contributed by atoms with E-state index in [1.54, 1.807) is 0 Å². The normalized spacial score (nSPS) is 12.4. The molecule has 11 heavy (non-hydrogen) atoms. The molecule has 0 unspecified atom stereocenters. The van der Waals surface area contributed by atoms with Gasteiger partial charge in [0.1, 0.15) is 10.5 Å². The molecule has 0 aliphatic carbocycles. The van der Waals surface area contributed by atoms with Gasteiger partial charge in [-0.25, -0.2) is 0 Å². The molecule has 0 saturated carbocycles. The van der Waals surface area contributed by atoms with Gasteiger partial charge in [-0.05, 0) is 12.8 Å². The molecule has 1 nitrogen and oxygen atoms in total. The van der Waals surface area contributed by atoms with Crippen LogP contribution in [0.15, 0.2) is 11.6 Å². The summed E-state index contributed by atoms with van der Waals surface area (Å²) in [4.78, 5) is 0. The first-order valence-corrected chi connectivity index (χ1v) is 5.33. The van der Waals surface area contributed by atoms with Gasteiger partial charge in [0.05, 0.1) is 6.61 Å². The highest BCUT2D eigenvalue weighted by Crippen LogP contribution is 2.06. The van der Waals surface area contributed by atoms with Gasteiger partial charge in [0.2, 0.25) is 0 Å². The Morgan fingerprint density at radius 1 is 1.36 bits per heavy atom. The Balaban J connectivity index is 3.66. The minimum Gasteiger partial charge on any atom is -0.424 e. The second kappa shape index (κ2) is 8.02. The molecule has 0 aromatic carbocycles. The first kappa shape index (κ1) is 10.9. The molecule has 0 rings (SSSR count). The number of hydrogen-bond acceptors (Lipinski definition) is 1. The predicted octanol–water partition coefficient (Wildman–Crippen LogP) is 1.81. The smallest absolute Gasteiger partial charge is 0.146 e. The van der Waals surface area contributed by atoms with Crippen molar-refractivity contribution in [3.63, 3.8) is 0 Å². The van der Waals surface area contributed by atoms with Crippen molar-refractivity contribution in [3.05, 3.63) is 11.6 Å². The lowest BCUT2D eigenvalue weighted by Gasteiger charge is -2.04. The highest BCUT2D eigenvalue weighted by atomic mass is 28.2. The largest absolute Gasteiger partial charge is 0.424 e. The van der Waals surface area contributed by atoms with Gasteiger partial charge in [0, 0.05) is 0 Å². The molecule has 0 atom stereocenters. The quantitative estimate of drug-likeness (QED) is 0.438. The number of rotatable bonds is 6. The van der Waals surface area contributed by atoms with Crippen molar-refractivity contribution in [2.75, 3.05) is 6.61 Å². The van der Waals surface area contributed by atoms with Crippen LogP contribution in [-0.2, 0) is 4.43 Å². The van der Waals surface area contributed by atoms with Crippen LogP contribution in [0.5, 0.6) is 0 Å². The number of allylic oxidation sites excluding steroid dienone is 1. The van der Waals surface area contributed by atoms with Crippen molar-refractivity contribution in [1.29, 1.82) is 0 Å². The van der Waals surface area contributed by atoms with Crippen molar-refractivity contribution in [2.24, 2.45) is 0 Å². The van der Waals surface area contributed by atoms with Crippen LogP contribution in [0.25, 0.3) is 0 Å². The minimum atomic E-state index is 0.862. The van der Waals surface area contributed by atoms with Crippen molar-refractivity contribution in [2.45, 2.75) is 39.5 Å². The van der Waals surface area contributed by atoms with Gasteiger partial charge in [-0.3, -0.25) is 0 Å². The second-order valence-electron chi connectivity index (χ2n) is 2.83. The van der Waals surface area contributed by atoms with Crippen LogP contribution in [0, 0.1) is 0 Å².